The van der Waals surface area contributed by atoms with E-state index < -0.39 is 0 Å². The van der Waals surface area contributed by atoms with Gasteiger partial charge in [-0.2, -0.15) is 5.10 Å². The molecule has 1 atom stereocenters. The summed E-state index contributed by atoms with van der Waals surface area (Å²) in [5.74, 6) is 0. The molecule has 4 heteroatoms. The largest absolute Gasteiger partial charge is 0.394 e. The van der Waals surface area contributed by atoms with Crippen LogP contribution in [0.3, 0.4) is 0 Å². The highest BCUT2D eigenvalue weighted by Crippen LogP contribution is 2.15. The number of aliphatic hydroxyl groups excluding tert-OH is 1. The lowest BCUT2D eigenvalue weighted by Crippen LogP contribution is -2.44. The average Bonchev–Trinajstić information content (AvgIpc) is 2.79. The van der Waals surface area contributed by atoms with Crippen molar-refractivity contribution < 1.29 is 5.11 Å². The molecule has 4 nitrogen and oxygen atoms in total. The summed E-state index contributed by atoms with van der Waals surface area (Å²) in [4.78, 5) is 0. The fourth-order valence-corrected chi connectivity index (χ4v) is 1.84. The monoisotopic (exact) mass is 233 g/mol. The summed E-state index contributed by atoms with van der Waals surface area (Å²) in [6, 6.07) is 8.16. The molecule has 0 aliphatic carbocycles. The van der Waals surface area contributed by atoms with E-state index in [1.54, 1.807) is 0 Å². The maximum Gasteiger partial charge on any atom is 0.0682 e. The van der Waals surface area contributed by atoms with Crippen molar-refractivity contribution in [2.45, 2.75) is 25.4 Å². The van der Waals surface area contributed by atoms with Crippen LogP contribution in [0.4, 0.5) is 0 Å². The van der Waals surface area contributed by atoms with E-state index in [1.807, 2.05) is 37.0 Å². The lowest BCUT2D eigenvalue weighted by Gasteiger charge is -2.26. The van der Waals surface area contributed by atoms with Gasteiger partial charge in [0, 0.05) is 17.5 Å². The Balaban J connectivity index is 2.14. The molecule has 1 aromatic heterocycles. The second kappa shape index (κ2) is 4.85. The number of rotatable bonds is 5. The standard InChI is InChI=1S/C13H19N3O/c1-13(10-17,14-2)7-8-16-12-6-4-3-5-11(12)9-15-16/h3-6,9,14,17H,7-8,10H2,1-2H3. The minimum atomic E-state index is -0.243. The lowest BCUT2D eigenvalue weighted by atomic mass is 9.99. The maximum absolute atomic E-state index is 9.34. The van der Waals surface area contributed by atoms with Crippen LogP contribution in [0.25, 0.3) is 10.9 Å². The first-order valence-corrected chi connectivity index (χ1v) is 5.89. The van der Waals surface area contributed by atoms with Crippen LogP contribution in [-0.2, 0) is 6.54 Å². The highest BCUT2D eigenvalue weighted by atomic mass is 16.3. The first kappa shape index (κ1) is 12.1. The van der Waals surface area contributed by atoms with Crippen LogP contribution in [0.15, 0.2) is 30.5 Å². The Morgan fingerprint density at radius 1 is 1.41 bits per heavy atom. The molecule has 1 unspecified atom stereocenters. The van der Waals surface area contributed by atoms with Gasteiger partial charge in [-0.25, -0.2) is 0 Å². The molecule has 92 valence electrons. The Bertz CT molecular complexity index is 488. The number of nitrogens with zero attached hydrogens (tertiary/aromatic N) is 2. The smallest absolute Gasteiger partial charge is 0.0682 e. The predicted octanol–water partition coefficient (Wildman–Crippen LogP) is 1.40. The Kier molecular flexibility index (Phi) is 3.45. The molecule has 2 N–H and O–H groups in total. The zero-order chi connectivity index (χ0) is 12.3. The molecule has 0 saturated heterocycles. The SMILES string of the molecule is CNC(C)(CO)CCn1ncc2ccccc21. The summed E-state index contributed by atoms with van der Waals surface area (Å²) in [6.45, 7) is 2.94. The molecular weight excluding hydrogens is 214 g/mol. The van der Waals surface area contributed by atoms with Gasteiger partial charge in [-0.3, -0.25) is 4.68 Å². The molecule has 0 fully saturated rings. The van der Waals surface area contributed by atoms with Crippen molar-refractivity contribution in [3.63, 3.8) is 0 Å². The van der Waals surface area contributed by atoms with E-state index in [-0.39, 0.29) is 12.1 Å². The van der Waals surface area contributed by atoms with E-state index in [9.17, 15) is 5.11 Å². The highest BCUT2D eigenvalue weighted by molar-refractivity contribution is 5.78. The van der Waals surface area contributed by atoms with Gasteiger partial charge >= 0.3 is 0 Å². The summed E-state index contributed by atoms with van der Waals surface area (Å²) in [7, 11) is 1.87. The van der Waals surface area contributed by atoms with Crippen LogP contribution in [-0.4, -0.2) is 34.1 Å². The van der Waals surface area contributed by atoms with Gasteiger partial charge in [0.1, 0.15) is 0 Å². The summed E-state index contributed by atoms with van der Waals surface area (Å²) in [5, 5.41) is 18.0. The predicted molar refractivity (Wildman–Crippen MR) is 68.9 cm³/mol. The van der Waals surface area contributed by atoms with Gasteiger partial charge in [0.25, 0.3) is 0 Å². The van der Waals surface area contributed by atoms with E-state index in [1.165, 1.54) is 0 Å². The third kappa shape index (κ3) is 2.48. The molecule has 2 aromatic rings. The summed E-state index contributed by atoms with van der Waals surface area (Å²) >= 11 is 0. The molecule has 2 rings (SSSR count). The van der Waals surface area contributed by atoms with Gasteiger partial charge in [-0.1, -0.05) is 18.2 Å². The van der Waals surface area contributed by atoms with Crippen molar-refractivity contribution in [1.29, 1.82) is 0 Å². The Morgan fingerprint density at radius 2 is 2.18 bits per heavy atom. The number of nitrogens with one attached hydrogen (secondary N) is 1. The van der Waals surface area contributed by atoms with Crippen LogP contribution in [0, 0.1) is 0 Å². The molecule has 17 heavy (non-hydrogen) atoms. The normalized spacial score (nSPS) is 15.0. The minimum Gasteiger partial charge on any atom is -0.394 e. The second-order valence-corrected chi connectivity index (χ2v) is 4.65. The molecule has 0 saturated carbocycles. The van der Waals surface area contributed by atoms with Crippen molar-refractivity contribution in [2.75, 3.05) is 13.7 Å². The number of likely N-dealkylation sites (N-methyl/N-ethyl adjacent to an activating group) is 1. The Morgan fingerprint density at radius 3 is 2.88 bits per heavy atom. The van der Waals surface area contributed by atoms with E-state index in [0.29, 0.717) is 0 Å². The van der Waals surface area contributed by atoms with Crippen LogP contribution in [0.5, 0.6) is 0 Å². The Hall–Kier alpha value is -1.39. The number of aromatic nitrogens is 2. The van der Waals surface area contributed by atoms with Crippen molar-refractivity contribution in [3.8, 4) is 0 Å². The summed E-state index contributed by atoms with van der Waals surface area (Å²) < 4.78 is 1.99. The van der Waals surface area contributed by atoms with E-state index >= 15 is 0 Å². The van der Waals surface area contributed by atoms with Crippen molar-refractivity contribution in [2.24, 2.45) is 0 Å². The fourth-order valence-electron chi connectivity index (χ4n) is 1.84. The first-order valence-electron chi connectivity index (χ1n) is 5.89. The zero-order valence-electron chi connectivity index (χ0n) is 10.3. The number of aryl methyl sites for hydroxylation is 1. The number of aliphatic hydroxyl groups is 1. The number of para-hydroxylation sites is 1. The van der Waals surface area contributed by atoms with Crippen LogP contribution in [0.2, 0.25) is 0 Å². The van der Waals surface area contributed by atoms with Crippen molar-refractivity contribution >= 4 is 10.9 Å². The second-order valence-electron chi connectivity index (χ2n) is 4.65. The topological polar surface area (TPSA) is 50.1 Å². The van der Waals surface area contributed by atoms with Gasteiger partial charge in [0.15, 0.2) is 0 Å². The molecule has 0 aliphatic heterocycles. The minimum absolute atomic E-state index is 0.128. The van der Waals surface area contributed by atoms with Crippen molar-refractivity contribution in [1.82, 2.24) is 15.1 Å². The molecule has 1 aromatic carbocycles. The number of hydrogen-bond donors (Lipinski definition) is 2. The van der Waals surface area contributed by atoms with E-state index in [0.717, 1.165) is 23.9 Å². The molecule has 0 radical (unpaired) electrons. The zero-order valence-corrected chi connectivity index (χ0v) is 10.3. The summed E-state index contributed by atoms with van der Waals surface area (Å²) in [5.41, 5.74) is 0.899. The Labute approximate surface area is 101 Å². The van der Waals surface area contributed by atoms with Crippen LogP contribution >= 0.6 is 0 Å². The van der Waals surface area contributed by atoms with Gasteiger partial charge in [-0.15, -0.1) is 0 Å². The van der Waals surface area contributed by atoms with Gasteiger partial charge in [-0.05, 0) is 26.5 Å². The van der Waals surface area contributed by atoms with E-state index in [4.69, 9.17) is 0 Å². The maximum atomic E-state index is 9.34. The fraction of sp³-hybridized carbons (Fsp3) is 0.462. The van der Waals surface area contributed by atoms with Gasteiger partial charge < -0.3 is 10.4 Å². The first-order chi connectivity index (χ1) is 8.18. The molecule has 0 aliphatic rings. The highest BCUT2D eigenvalue weighted by Gasteiger charge is 2.20. The number of hydrogen-bond acceptors (Lipinski definition) is 3. The number of fused-ring (bicyclic) bond motifs is 1. The molecule has 0 bridgehead atoms. The third-order valence-electron chi connectivity index (χ3n) is 3.38. The lowest BCUT2D eigenvalue weighted by molar-refractivity contribution is 0.168. The van der Waals surface area contributed by atoms with Crippen molar-refractivity contribution in [3.05, 3.63) is 30.5 Å². The number of benzene rings is 1. The van der Waals surface area contributed by atoms with Crippen LogP contribution < -0.4 is 5.32 Å². The van der Waals surface area contributed by atoms with Gasteiger partial charge in [0.05, 0.1) is 18.3 Å². The molecular formula is C13H19N3O. The molecule has 0 amide bonds. The van der Waals surface area contributed by atoms with E-state index in [2.05, 4.69) is 22.5 Å². The molecule has 0 spiro atoms. The quantitative estimate of drug-likeness (QED) is 0.820. The third-order valence-corrected chi connectivity index (χ3v) is 3.38. The van der Waals surface area contributed by atoms with Crippen LogP contribution in [0.1, 0.15) is 13.3 Å². The summed E-state index contributed by atoms with van der Waals surface area (Å²) in [6.07, 6.45) is 2.72. The molecule has 1 heterocycles. The average molecular weight is 233 g/mol. The van der Waals surface area contributed by atoms with Gasteiger partial charge in [0.2, 0.25) is 0 Å².